The van der Waals surface area contributed by atoms with Gasteiger partial charge >= 0.3 is 0 Å². The Balaban J connectivity index is 1.43. The summed E-state index contributed by atoms with van der Waals surface area (Å²) in [4.78, 5) is 16.9. The maximum absolute atomic E-state index is 12.4. The molecule has 3 rings (SSSR count). The van der Waals surface area contributed by atoms with E-state index in [0.717, 1.165) is 37.5 Å². The molecule has 2 aromatic carbocycles. The van der Waals surface area contributed by atoms with Gasteiger partial charge in [-0.05, 0) is 62.4 Å². The molecule has 0 radical (unpaired) electrons. The van der Waals surface area contributed by atoms with Crippen molar-refractivity contribution in [3.05, 3.63) is 66.2 Å². The van der Waals surface area contributed by atoms with E-state index in [0.29, 0.717) is 6.42 Å². The minimum absolute atomic E-state index is 0.224. The van der Waals surface area contributed by atoms with E-state index >= 15 is 0 Å². The van der Waals surface area contributed by atoms with Crippen molar-refractivity contribution in [2.75, 3.05) is 31.1 Å². The number of amides is 1. The van der Waals surface area contributed by atoms with Crippen molar-refractivity contribution in [1.29, 1.82) is 0 Å². The first-order valence-electron chi connectivity index (χ1n) is 10.4. The summed E-state index contributed by atoms with van der Waals surface area (Å²) in [5.74, 6) is 0.954. The molecule has 1 heterocycles. The van der Waals surface area contributed by atoms with Crippen LogP contribution in [0.2, 0.25) is 0 Å². The van der Waals surface area contributed by atoms with Crippen LogP contribution in [0.15, 0.2) is 60.7 Å². The molecule has 0 atom stereocenters. The van der Waals surface area contributed by atoms with Crippen LogP contribution in [0, 0.1) is 5.92 Å². The van der Waals surface area contributed by atoms with Crippen LogP contribution in [0.5, 0.6) is 0 Å². The molecule has 0 unspecified atom stereocenters. The van der Waals surface area contributed by atoms with E-state index in [9.17, 15) is 4.79 Å². The van der Waals surface area contributed by atoms with Crippen molar-refractivity contribution in [3.8, 4) is 0 Å². The lowest BCUT2D eigenvalue weighted by Gasteiger charge is -2.33. The topological polar surface area (TPSA) is 23.6 Å². The van der Waals surface area contributed by atoms with Crippen molar-refractivity contribution in [3.63, 3.8) is 0 Å². The molecule has 0 bridgehead atoms. The molecule has 0 aromatic heterocycles. The first-order valence-corrected chi connectivity index (χ1v) is 10.4. The molecule has 1 amide bonds. The van der Waals surface area contributed by atoms with Crippen molar-refractivity contribution < 1.29 is 4.79 Å². The molecule has 2 aromatic rings. The molecular formula is C24H32N2O. The van der Waals surface area contributed by atoms with Gasteiger partial charge in [0.15, 0.2) is 0 Å². The van der Waals surface area contributed by atoms with E-state index < -0.39 is 0 Å². The van der Waals surface area contributed by atoms with E-state index in [1.165, 1.54) is 31.5 Å². The number of piperidine rings is 1. The fourth-order valence-electron chi connectivity index (χ4n) is 3.94. The predicted molar refractivity (Wildman–Crippen MR) is 113 cm³/mol. The molecule has 0 spiro atoms. The van der Waals surface area contributed by atoms with Gasteiger partial charge in [-0.2, -0.15) is 0 Å². The molecular weight excluding hydrogens is 332 g/mol. The third-order valence-corrected chi connectivity index (χ3v) is 5.70. The number of carbonyl (C=O) groups is 1. The summed E-state index contributed by atoms with van der Waals surface area (Å²) in [6.45, 7) is 6.31. The lowest BCUT2D eigenvalue weighted by molar-refractivity contribution is -0.118. The normalized spacial score (nSPS) is 15.6. The van der Waals surface area contributed by atoms with E-state index in [1.807, 2.05) is 42.2 Å². The number of para-hydroxylation sites is 1. The molecule has 27 heavy (non-hydrogen) atoms. The highest BCUT2D eigenvalue weighted by Gasteiger charge is 2.21. The molecule has 1 aliphatic heterocycles. The van der Waals surface area contributed by atoms with Crippen molar-refractivity contribution >= 4 is 11.6 Å². The van der Waals surface area contributed by atoms with Gasteiger partial charge in [-0.25, -0.2) is 0 Å². The smallest absolute Gasteiger partial charge is 0.226 e. The summed E-state index contributed by atoms with van der Waals surface area (Å²) in [7, 11) is 0. The van der Waals surface area contributed by atoms with Gasteiger partial charge < -0.3 is 9.80 Å². The van der Waals surface area contributed by atoms with Gasteiger partial charge in [-0.1, -0.05) is 55.5 Å². The molecule has 1 aliphatic rings. The van der Waals surface area contributed by atoms with Gasteiger partial charge in [-0.15, -0.1) is 0 Å². The van der Waals surface area contributed by atoms with Crippen LogP contribution >= 0.6 is 0 Å². The van der Waals surface area contributed by atoms with Gasteiger partial charge in [-0.3, -0.25) is 4.79 Å². The first kappa shape index (κ1) is 19.6. The summed E-state index contributed by atoms with van der Waals surface area (Å²) < 4.78 is 0. The summed E-state index contributed by atoms with van der Waals surface area (Å²) in [5, 5.41) is 0. The SMILES string of the molecule is CCC(=O)N(CCC1CCN(CCc2ccccc2)CC1)c1ccccc1. The summed E-state index contributed by atoms with van der Waals surface area (Å²) in [5.41, 5.74) is 2.46. The summed E-state index contributed by atoms with van der Waals surface area (Å²) in [6, 6.07) is 20.9. The Morgan fingerprint density at radius 2 is 1.63 bits per heavy atom. The lowest BCUT2D eigenvalue weighted by atomic mass is 9.93. The van der Waals surface area contributed by atoms with Gasteiger partial charge in [0.1, 0.15) is 0 Å². The van der Waals surface area contributed by atoms with Gasteiger partial charge in [0, 0.05) is 25.2 Å². The van der Waals surface area contributed by atoms with Crippen LogP contribution in [0.1, 0.15) is 38.2 Å². The molecule has 0 N–H and O–H groups in total. The molecule has 0 saturated carbocycles. The zero-order valence-electron chi connectivity index (χ0n) is 16.5. The highest BCUT2D eigenvalue weighted by Crippen LogP contribution is 2.23. The fraction of sp³-hybridized carbons (Fsp3) is 0.458. The summed E-state index contributed by atoms with van der Waals surface area (Å²) in [6.07, 6.45) is 5.30. The van der Waals surface area contributed by atoms with Crippen LogP contribution in [0.25, 0.3) is 0 Å². The number of likely N-dealkylation sites (tertiary alicyclic amines) is 1. The van der Waals surface area contributed by atoms with Crippen LogP contribution in [0.3, 0.4) is 0 Å². The van der Waals surface area contributed by atoms with Crippen LogP contribution in [-0.4, -0.2) is 37.0 Å². The third kappa shape index (κ3) is 5.93. The zero-order chi connectivity index (χ0) is 18.9. The molecule has 3 heteroatoms. The van der Waals surface area contributed by atoms with Crippen LogP contribution < -0.4 is 4.90 Å². The molecule has 1 fully saturated rings. The number of benzene rings is 2. The Morgan fingerprint density at radius 3 is 2.26 bits per heavy atom. The number of anilines is 1. The third-order valence-electron chi connectivity index (χ3n) is 5.70. The van der Waals surface area contributed by atoms with E-state index in [2.05, 4.69) is 35.2 Å². The number of hydrogen-bond acceptors (Lipinski definition) is 2. The van der Waals surface area contributed by atoms with E-state index in [1.54, 1.807) is 0 Å². The van der Waals surface area contributed by atoms with Gasteiger partial charge in [0.25, 0.3) is 0 Å². The largest absolute Gasteiger partial charge is 0.312 e. The van der Waals surface area contributed by atoms with Crippen molar-refractivity contribution in [2.24, 2.45) is 5.92 Å². The first-order chi connectivity index (χ1) is 13.3. The molecule has 3 nitrogen and oxygen atoms in total. The Morgan fingerprint density at radius 1 is 1.00 bits per heavy atom. The van der Waals surface area contributed by atoms with Gasteiger partial charge in [0.2, 0.25) is 5.91 Å². The second-order valence-corrected chi connectivity index (χ2v) is 7.54. The van der Waals surface area contributed by atoms with Crippen LogP contribution in [-0.2, 0) is 11.2 Å². The average Bonchev–Trinajstić information content (AvgIpc) is 2.74. The lowest BCUT2D eigenvalue weighted by Crippen LogP contribution is -2.37. The highest BCUT2D eigenvalue weighted by molar-refractivity contribution is 5.93. The van der Waals surface area contributed by atoms with E-state index in [-0.39, 0.29) is 5.91 Å². The average molecular weight is 365 g/mol. The van der Waals surface area contributed by atoms with Crippen molar-refractivity contribution in [1.82, 2.24) is 4.90 Å². The Labute approximate surface area is 164 Å². The molecule has 1 saturated heterocycles. The minimum atomic E-state index is 0.224. The Hall–Kier alpha value is -2.13. The monoisotopic (exact) mass is 364 g/mol. The van der Waals surface area contributed by atoms with E-state index in [4.69, 9.17) is 0 Å². The Kier molecular flexibility index (Phi) is 7.46. The van der Waals surface area contributed by atoms with Crippen LogP contribution in [0.4, 0.5) is 5.69 Å². The number of carbonyl (C=O) groups excluding carboxylic acids is 1. The predicted octanol–water partition coefficient (Wildman–Crippen LogP) is 4.77. The maximum atomic E-state index is 12.4. The molecule has 0 aliphatic carbocycles. The highest BCUT2D eigenvalue weighted by atomic mass is 16.2. The number of rotatable bonds is 8. The molecule has 144 valence electrons. The van der Waals surface area contributed by atoms with Gasteiger partial charge in [0.05, 0.1) is 0 Å². The minimum Gasteiger partial charge on any atom is -0.312 e. The number of nitrogens with zero attached hydrogens (tertiary/aromatic N) is 2. The standard InChI is InChI=1S/C24H32N2O/c1-2-24(27)26(23-11-7-4-8-12-23)20-16-22-14-18-25(19-15-22)17-13-21-9-5-3-6-10-21/h3-12,22H,2,13-20H2,1H3. The fourth-order valence-corrected chi connectivity index (χ4v) is 3.94. The zero-order valence-corrected chi connectivity index (χ0v) is 16.5. The second kappa shape index (κ2) is 10.3. The maximum Gasteiger partial charge on any atom is 0.226 e. The second-order valence-electron chi connectivity index (χ2n) is 7.54. The van der Waals surface area contributed by atoms with Crippen molar-refractivity contribution in [2.45, 2.75) is 39.0 Å². The quantitative estimate of drug-likeness (QED) is 0.673. The number of hydrogen-bond donors (Lipinski definition) is 0. The Bertz CT molecular complexity index is 678. The summed E-state index contributed by atoms with van der Waals surface area (Å²) >= 11 is 0.